The summed E-state index contributed by atoms with van der Waals surface area (Å²) < 4.78 is 4.87. The molecule has 0 aliphatic carbocycles. The second-order valence-electron chi connectivity index (χ2n) is 5.97. The molecule has 0 amide bonds. The van der Waals surface area contributed by atoms with Gasteiger partial charge in [-0.05, 0) is 25.0 Å². The summed E-state index contributed by atoms with van der Waals surface area (Å²) >= 11 is 0. The molecule has 0 unspecified atom stereocenters. The summed E-state index contributed by atoms with van der Waals surface area (Å²) in [6.45, 7) is 2.07. The number of esters is 1. The highest BCUT2D eigenvalue weighted by molar-refractivity contribution is 5.89. The molecule has 0 atom stereocenters. The SMILES string of the molecule is CCCCC(N)=C(Cc1ccc(-c2ccccc2C#N)cn1)C(=O)OC. The summed E-state index contributed by atoms with van der Waals surface area (Å²) in [4.78, 5) is 16.5. The van der Waals surface area contributed by atoms with Gasteiger partial charge in [0.05, 0.1) is 24.3 Å². The Morgan fingerprint density at radius 1 is 1.27 bits per heavy atom. The van der Waals surface area contributed by atoms with Crippen molar-refractivity contribution in [3.63, 3.8) is 0 Å². The van der Waals surface area contributed by atoms with Gasteiger partial charge < -0.3 is 10.5 Å². The van der Waals surface area contributed by atoms with Crippen LogP contribution >= 0.6 is 0 Å². The van der Waals surface area contributed by atoms with Crippen LogP contribution in [-0.2, 0) is 16.0 Å². The first-order chi connectivity index (χ1) is 12.6. The van der Waals surface area contributed by atoms with Crippen LogP contribution in [0.15, 0.2) is 53.9 Å². The topological polar surface area (TPSA) is 89.0 Å². The number of aromatic nitrogens is 1. The lowest BCUT2D eigenvalue weighted by Gasteiger charge is -2.11. The maximum Gasteiger partial charge on any atom is 0.335 e. The van der Waals surface area contributed by atoms with E-state index >= 15 is 0 Å². The number of benzene rings is 1. The van der Waals surface area contributed by atoms with E-state index in [0.29, 0.717) is 29.7 Å². The van der Waals surface area contributed by atoms with Gasteiger partial charge in [0.1, 0.15) is 0 Å². The molecule has 0 saturated heterocycles. The average molecular weight is 349 g/mol. The zero-order valence-corrected chi connectivity index (χ0v) is 15.2. The molecule has 1 aromatic heterocycles. The molecule has 0 fully saturated rings. The molecular formula is C21H23N3O2. The molecule has 0 aliphatic heterocycles. The predicted molar refractivity (Wildman–Crippen MR) is 101 cm³/mol. The average Bonchev–Trinajstić information content (AvgIpc) is 2.70. The Labute approximate surface area is 154 Å². The Morgan fingerprint density at radius 3 is 2.65 bits per heavy atom. The molecule has 0 saturated carbocycles. The number of unbranched alkanes of at least 4 members (excludes halogenated alkanes) is 1. The first-order valence-electron chi connectivity index (χ1n) is 8.61. The van der Waals surface area contributed by atoms with Crippen molar-refractivity contribution in [3.8, 4) is 17.2 Å². The van der Waals surface area contributed by atoms with E-state index in [9.17, 15) is 10.1 Å². The molecule has 1 heterocycles. The highest BCUT2D eigenvalue weighted by atomic mass is 16.5. The number of nitrogens with zero attached hydrogens (tertiary/aromatic N) is 2. The fourth-order valence-electron chi connectivity index (χ4n) is 2.66. The molecule has 2 N–H and O–H groups in total. The quantitative estimate of drug-likeness (QED) is 0.607. The van der Waals surface area contributed by atoms with Crippen LogP contribution in [0.4, 0.5) is 0 Å². The van der Waals surface area contributed by atoms with Gasteiger partial charge in [0.15, 0.2) is 0 Å². The van der Waals surface area contributed by atoms with Crippen LogP contribution in [0.5, 0.6) is 0 Å². The maximum atomic E-state index is 12.1. The van der Waals surface area contributed by atoms with Gasteiger partial charge in [-0.2, -0.15) is 5.26 Å². The standard InChI is InChI=1S/C21H23N3O2/c1-3-4-9-20(23)19(21(25)26-2)12-17-11-10-16(14-24-17)18-8-6-5-7-15(18)13-22/h5-8,10-11,14H,3-4,9,12,23H2,1-2H3. The summed E-state index contributed by atoms with van der Waals surface area (Å²) in [6, 6.07) is 13.3. The molecule has 1 aromatic carbocycles. The van der Waals surface area contributed by atoms with E-state index in [2.05, 4.69) is 18.0 Å². The number of nitriles is 1. The Bertz CT molecular complexity index is 833. The van der Waals surface area contributed by atoms with Gasteiger partial charge in [-0.25, -0.2) is 4.79 Å². The van der Waals surface area contributed by atoms with Crippen molar-refractivity contribution in [1.82, 2.24) is 4.98 Å². The number of carbonyl (C=O) groups is 1. The van der Waals surface area contributed by atoms with Crippen molar-refractivity contribution >= 4 is 5.97 Å². The molecule has 5 nitrogen and oxygen atoms in total. The minimum atomic E-state index is -0.417. The first kappa shape index (κ1) is 19.2. The van der Waals surface area contributed by atoms with Gasteiger partial charge in [-0.3, -0.25) is 4.98 Å². The van der Waals surface area contributed by atoms with Crippen LogP contribution in [0.1, 0.15) is 37.4 Å². The van der Waals surface area contributed by atoms with Crippen molar-refractivity contribution in [2.24, 2.45) is 5.73 Å². The highest BCUT2D eigenvalue weighted by Crippen LogP contribution is 2.23. The van der Waals surface area contributed by atoms with E-state index < -0.39 is 5.97 Å². The Hall–Kier alpha value is -3.13. The molecule has 0 spiro atoms. The van der Waals surface area contributed by atoms with Crippen LogP contribution in [0, 0.1) is 11.3 Å². The van der Waals surface area contributed by atoms with E-state index in [4.69, 9.17) is 10.5 Å². The van der Waals surface area contributed by atoms with Crippen LogP contribution in [0.3, 0.4) is 0 Å². The number of ether oxygens (including phenoxy) is 1. The number of hydrogen-bond donors (Lipinski definition) is 1. The lowest BCUT2D eigenvalue weighted by molar-refractivity contribution is -0.136. The molecule has 2 aromatic rings. The van der Waals surface area contributed by atoms with Gasteiger partial charge in [-0.15, -0.1) is 0 Å². The number of nitrogens with two attached hydrogens (primary N) is 1. The normalized spacial score (nSPS) is 11.4. The number of pyridine rings is 1. The summed E-state index contributed by atoms with van der Waals surface area (Å²) in [7, 11) is 1.35. The Kier molecular flexibility index (Phi) is 6.92. The Balaban J connectivity index is 2.26. The van der Waals surface area contributed by atoms with Crippen molar-refractivity contribution in [2.45, 2.75) is 32.6 Å². The minimum absolute atomic E-state index is 0.322. The van der Waals surface area contributed by atoms with E-state index in [0.717, 1.165) is 29.7 Å². The van der Waals surface area contributed by atoms with Crippen molar-refractivity contribution in [3.05, 3.63) is 65.1 Å². The van der Waals surface area contributed by atoms with Crippen molar-refractivity contribution in [2.75, 3.05) is 7.11 Å². The van der Waals surface area contributed by atoms with Crippen LogP contribution < -0.4 is 5.73 Å². The third-order valence-corrected chi connectivity index (χ3v) is 4.16. The monoisotopic (exact) mass is 349 g/mol. The molecule has 0 bridgehead atoms. The van der Waals surface area contributed by atoms with Crippen LogP contribution in [0.2, 0.25) is 0 Å². The lowest BCUT2D eigenvalue weighted by Crippen LogP contribution is -2.15. The predicted octanol–water partition coefficient (Wildman–Crippen LogP) is 3.74. The molecule has 5 heteroatoms. The molecule has 2 rings (SSSR count). The second-order valence-corrected chi connectivity index (χ2v) is 5.97. The first-order valence-corrected chi connectivity index (χ1v) is 8.61. The van der Waals surface area contributed by atoms with Gasteiger partial charge in [0, 0.05) is 35.1 Å². The molecule has 0 radical (unpaired) electrons. The number of hydrogen-bond acceptors (Lipinski definition) is 5. The van der Waals surface area contributed by atoms with E-state index in [1.807, 2.05) is 30.3 Å². The van der Waals surface area contributed by atoms with Gasteiger partial charge >= 0.3 is 5.97 Å². The lowest BCUT2D eigenvalue weighted by atomic mass is 10.0. The molecule has 134 valence electrons. The highest BCUT2D eigenvalue weighted by Gasteiger charge is 2.16. The van der Waals surface area contributed by atoms with Crippen molar-refractivity contribution < 1.29 is 9.53 Å². The largest absolute Gasteiger partial charge is 0.466 e. The molecule has 0 aliphatic rings. The number of allylic oxidation sites excluding steroid dienone is 1. The molecular weight excluding hydrogens is 326 g/mol. The maximum absolute atomic E-state index is 12.1. The van der Waals surface area contributed by atoms with E-state index in [-0.39, 0.29) is 0 Å². The van der Waals surface area contributed by atoms with Gasteiger partial charge in [-0.1, -0.05) is 37.6 Å². The van der Waals surface area contributed by atoms with E-state index in [1.165, 1.54) is 7.11 Å². The zero-order valence-electron chi connectivity index (χ0n) is 15.2. The zero-order chi connectivity index (χ0) is 18.9. The second kappa shape index (κ2) is 9.38. The Morgan fingerprint density at radius 2 is 2.04 bits per heavy atom. The third-order valence-electron chi connectivity index (χ3n) is 4.16. The summed E-state index contributed by atoms with van der Waals surface area (Å²) in [6.07, 6.45) is 4.61. The fourth-order valence-corrected chi connectivity index (χ4v) is 2.66. The number of carbonyl (C=O) groups excluding carboxylic acids is 1. The minimum Gasteiger partial charge on any atom is -0.466 e. The van der Waals surface area contributed by atoms with Crippen LogP contribution in [0.25, 0.3) is 11.1 Å². The van der Waals surface area contributed by atoms with E-state index in [1.54, 1.807) is 12.3 Å². The van der Waals surface area contributed by atoms with Crippen LogP contribution in [-0.4, -0.2) is 18.1 Å². The van der Waals surface area contributed by atoms with Crippen molar-refractivity contribution in [1.29, 1.82) is 5.26 Å². The third kappa shape index (κ3) is 4.70. The fraction of sp³-hybridized carbons (Fsp3) is 0.286. The summed E-state index contributed by atoms with van der Waals surface area (Å²) in [5.41, 5.74) is 10.1. The smallest absolute Gasteiger partial charge is 0.335 e. The van der Waals surface area contributed by atoms with Gasteiger partial charge in [0.25, 0.3) is 0 Å². The summed E-state index contributed by atoms with van der Waals surface area (Å²) in [5, 5.41) is 9.23. The molecule has 26 heavy (non-hydrogen) atoms. The number of rotatable bonds is 7. The summed E-state index contributed by atoms with van der Waals surface area (Å²) in [5.74, 6) is -0.417. The van der Waals surface area contributed by atoms with Gasteiger partial charge in [0.2, 0.25) is 0 Å². The number of methoxy groups -OCH3 is 1.